The molecule has 3 aromatic rings. The Morgan fingerprint density at radius 2 is 1.82 bits per heavy atom. The third kappa shape index (κ3) is 1.72. The first-order valence-corrected chi connectivity index (χ1v) is 5.76. The number of nitrogens with zero attached hydrogens (tertiary/aromatic N) is 1. The van der Waals surface area contributed by atoms with E-state index in [9.17, 15) is 0 Å². The molecule has 2 aromatic heterocycles. The van der Waals surface area contributed by atoms with Crippen LogP contribution in [0.2, 0.25) is 0 Å². The first-order valence-electron chi connectivity index (χ1n) is 5.76. The fourth-order valence-electron chi connectivity index (χ4n) is 2.12. The van der Waals surface area contributed by atoms with Gasteiger partial charge in [-0.2, -0.15) is 0 Å². The normalized spacial score (nSPS) is 10.9. The highest BCUT2D eigenvalue weighted by Crippen LogP contribution is 2.25. The van der Waals surface area contributed by atoms with E-state index in [1.54, 1.807) is 0 Å². The highest BCUT2D eigenvalue weighted by Gasteiger charge is 2.05. The monoisotopic (exact) mass is 222 g/mol. The van der Waals surface area contributed by atoms with Gasteiger partial charge in [-0.15, -0.1) is 0 Å². The van der Waals surface area contributed by atoms with Gasteiger partial charge in [0.2, 0.25) is 0 Å². The number of hydrogen-bond donors (Lipinski definition) is 1. The van der Waals surface area contributed by atoms with Crippen molar-refractivity contribution in [1.82, 2.24) is 9.97 Å². The number of H-pyrrole nitrogens is 1. The molecule has 84 valence electrons. The van der Waals surface area contributed by atoms with E-state index in [1.165, 1.54) is 11.1 Å². The molecular formula is C15H14N2. The third-order valence-corrected chi connectivity index (χ3v) is 3.05. The van der Waals surface area contributed by atoms with Gasteiger partial charge >= 0.3 is 0 Å². The molecular weight excluding hydrogens is 208 g/mol. The number of nitrogens with one attached hydrogen (secondary N) is 1. The zero-order valence-corrected chi connectivity index (χ0v) is 9.99. The van der Waals surface area contributed by atoms with E-state index >= 15 is 0 Å². The van der Waals surface area contributed by atoms with Crippen LogP contribution in [0.15, 0.2) is 42.5 Å². The molecule has 2 heteroatoms. The number of aromatic nitrogens is 2. The maximum atomic E-state index is 4.50. The minimum atomic E-state index is 0.961. The Kier molecular flexibility index (Phi) is 2.22. The minimum absolute atomic E-state index is 0.961. The Hall–Kier alpha value is -2.09. The van der Waals surface area contributed by atoms with Crippen LogP contribution in [-0.2, 0) is 0 Å². The minimum Gasteiger partial charge on any atom is -0.339 e. The van der Waals surface area contributed by atoms with Gasteiger partial charge in [0.25, 0.3) is 0 Å². The summed E-state index contributed by atoms with van der Waals surface area (Å²) in [5.41, 5.74) is 5.65. The number of pyridine rings is 1. The van der Waals surface area contributed by atoms with E-state index in [-0.39, 0.29) is 0 Å². The summed E-state index contributed by atoms with van der Waals surface area (Å²) >= 11 is 0. The first-order chi connectivity index (χ1) is 8.24. The first kappa shape index (κ1) is 10.1. The van der Waals surface area contributed by atoms with Gasteiger partial charge in [0, 0.05) is 22.3 Å². The van der Waals surface area contributed by atoms with Crippen molar-refractivity contribution in [2.24, 2.45) is 0 Å². The van der Waals surface area contributed by atoms with Crippen molar-refractivity contribution in [2.45, 2.75) is 13.8 Å². The van der Waals surface area contributed by atoms with Gasteiger partial charge in [0.15, 0.2) is 0 Å². The van der Waals surface area contributed by atoms with E-state index in [4.69, 9.17) is 0 Å². The highest BCUT2D eigenvalue weighted by atomic mass is 14.9. The molecule has 0 spiro atoms. The Labute approximate surface area is 100 Å². The molecule has 0 amide bonds. The van der Waals surface area contributed by atoms with Gasteiger partial charge in [-0.3, -0.25) is 0 Å². The zero-order chi connectivity index (χ0) is 11.8. The smallest absolute Gasteiger partial charge is 0.138 e. The summed E-state index contributed by atoms with van der Waals surface area (Å²) in [5.74, 6) is 0. The Balaban J connectivity index is 2.22. The lowest BCUT2D eigenvalue weighted by molar-refractivity contribution is 1.22. The summed E-state index contributed by atoms with van der Waals surface area (Å²) < 4.78 is 0. The van der Waals surface area contributed by atoms with Crippen molar-refractivity contribution < 1.29 is 0 Å². The lowest BCUT2D eigenvalue weighted by Gasteiger charge is -2.01. The van der Waals surface area contributed by atoms with Gasteiger partial charge in [0.1, 0.15) is 5.65 Å². The molecule has 0 fully saturated rings. The van der Waals surface area contributed by atoms with E-state index in [1.807, 2.05) is 13.0 Å². The van der Waals surface area contributed by atoms with Crippen LogP contribution in [0.5, 0.6) is 0 Å². The predicted octanol–water partition coefficient (Wildman–Crippen LogP) is 3.85. The molecule has 0 atom stereocenters. The maximum Gasteiger partial charge on any atom is 0.138 e. The molecule has 0 aliphatic rings. The van der Waals surface area contributed by atoms with Gasteiger partial charge in [-0.1, -0.05) is 24.3 Å². The molecule has 3 rings (SSSR count). The van der Waals surface area contributed by atoms with Gasteiger partial charge in [-0.25, -0.2) is 4.98 Å². The second-order valence-corrected chi connectivity index (χ2v) is 4.39. The van der Waals surface area contributed by atoms with Crippen molar-refractivity contribution in [2.75, 3.05) is 0 Å². The number of benzene rings is 1. The number of aromatic amines is 1. The second-order valence-electron chi connectivity index (χ2n) is 4.39. The molecule has 1 aromatic carbocycles. The molecule has 0 radical (unpaired) electrons. The fraction of sp³-hybridized carbons (Fsp3) is 0.133. The Morgan fingerprint density at radius 3 is 2.65 bits per heavy atom. The molecule has 0 aliphatic heterocycles. The third-order valence-electron chi connectivity index (χ3n) is 3.05. The van der Waals surface area contributed by atoms with Crippen LogP contribution in [0.25, 0.3) is 22.3 Å². The van der Waals surface area contributed by atoms with E-state index in [0.717, 1.165) is 22.4 Å². The molecule has 1 N–H and O–H groups in total. The van der Waals surface area contributed by atoms with E-state index in [2.05, 4.69) is 53.3 Å². The Bertz CT molecular complexity index is 680. The van der Waals surface area contributed by atoms with Crippen LogP contribution in [0, 0.1) is 13.8 Å². The van der Waals surface area contributed by atoms with E-state index < -0.39 is 0 Å². The molecule has 0 bridgehead atoms. The van der Waals surface area contributed by atoms with Crippen LogP contribution in [0.4, 0.5) is 0 Å². The summed E-state index contributed by atoms with van der Waals surface area (Å²) in [7, 11) is 0. The SMILES string of the molecule is Cc1ccc2cc(-c3ccccc3C)[nH]c2n1. The van der Waals surface area contributed by atoms with Crippen molar-refractivity contribution in [3.05, 3.63) is 53.7 Å². The number of aryl methyl sites for hydroxylation is 2. The van der Waals surface area contributed by atoms with Crippen LogP contribution < -0.4 is 0 Å². The predicted molar refractivity (Wildman–Crippen MR) is 71.0 cm³/mol. The lowest BCUT2D eigenvalue weighted by atomic mass is 10.1. The highest BCUT2D eigenvalue weighted by molar-refractivity contribution is 5.83. The average Bonchev–Trinajstić information content (AvgIpc) is 2.72. The van der Waals surface area contributed by atoms with E-state index in [0.29, 0.717) is 0 Å². The number of hydrogen-bond acceptors (Lipinski definition) is 1. The molecule has 17 heavy (non-hydrogen) atoms. The van der Waals surface area contributed by atoms with Crippen molar-refractivity contribution in [1.29, 1.82) is 0 Å². The molecule has 0 saturated heterocycles. The maximum absolute atomic E-state index is 4.50. The molecule has 2 nitrogen and oxygen atoms in total. The number of fused-ring (bicyclic) bond motifs is 1. The van der Waals surface area contributed by atoms with Crippen LogP contribution >= 0.6 is 0 Å². The second kappa shape index (κ2) is 3.74. The van der Waals surface area contributed by atoms with Crippen LogP contribution in [-0.4, -0.2) is 9.97 Å². The molecule has 2 heterocycles. The Morgan fingerprint density at radius 1 is 1.00 bits per heavy atom. The van der Waals surface area contributed by atoms with Gasteiger partial charge in [-0.05, 0) is 37.6 Å². The summed E-state index contributed by atoms with van der Waals surface area (Å²) in [6.07, 6.45) is 0. The van der Waals surface area contributed by atoms with Gasteiger partial charge in [0.05, 0.1) is 0 Å². The topological polar surface area (TPSA) is 28.7 Å². The average molecular weight is 222 g/mol. The lowest BCUT2D eigenvalue weighted by Crippen LogP contribution is -1.83. The molecule has 0 saturated carbocycles. The largest absolute Gasteiger partial charge is 0.339 e. The molecule has 0 aliphatic carbocycles. The summed E-state index contributed by atoms with van der Waals surface area (Å²) in [6.45, 7) is 4.13. The van der Waals surface area contributed by atoms with Crippen molar-refractivity contribution in [3.8, 4) is 11.3 Å². The molecule has 0 unspecified atom stereocenters. The fourth-order valence-corrected chi connectivity index (χ4v) is 2.12. The number of rotatable bonds is 1. The van der Waals surface area contributed by atoms with Crippen molar-refractivity contribution >= 4 is 11.0 Å². The summed E-state index contributed by atoms with van der Waals surface area (Å²) in [5, 5.41) is 1.16. The summed E-state index contributed by atoms with van der Waals surface area (Å²) in [4.78, 5) is 7.88. The van der Waals surface area contributed by atoms with Crippen LogP contribution in [0.1, 0.15) is 11.3 Å². The van der Waals surface area contributed by atoms with Crippen molar-refractivity contribution in [3.63, 3.8) is 0 Å². The quantitative estimate of drug-likeness (QED) is 0.665. The summed E-state index contributed by atoms with van der Waals surface area (Å²) in [6, 6.07) is 14.7. The van der Waals surface area contributed by atoms with Crippen LogP contribution in [0.3, 0.4) is 0 Å². The zero-order valence-electron chi connectivity index (χ0n) is 9.99. The van der Waals surface area contributed by atoms with Gasteiger partial charge < -0.3 is 4.98 Å². The standard InChI is InChI=1S/C15H14N2/c1-10-5-3-4-6-13(10)14-9-12-8-7-11(2)16-15(12)17-14/h3-9H,1-2H3,(H,16,17).